The molecule has 0 amide bonds. The lowest BCUT2D eigenvalue weighted by molar-refractivity contribution is 0.0978. The fourth-order valence-electron chi connectivity index (χ4n) is 2.25. The summed E-state index contributed by atoms with van der Waals surface area (Å²) < 4.78 is 0. The van der Waals surface area contributed by atoms with Crippen molar-refractivity contribution in [1.82, 2.24) is 10.2 Å². The molecule has 1 aromatic heterocycles. The Hall–Kier alpha value is -2.03. The van der Waals surface area contributed by atoms with Gasteiger partial charge in [0.05, 0.1) is 11.4 Å². The second kappa shape index (κ2) is 6.94. The second-order valence-electron chi connectivity index (χ2n) is 4.96. The van der Waals surface area contributed by atoms with Crippen LogP contribution in [0.1, 0.15) is 47.1 Å². The number of benzene rings is 1. The number of hydrogen-bond donors (Lipinski definition) is 0. The molecule has 0 radical (unpaired) electrons. The number of carbonyl (C=O) groups excluding carboxylic acids is 1. The zero-order chi connectivity index (χ0) is 14.4. The van der Waals surface area contributed by atoms with E-state index in [1.54, 1.807) is 0 Å². The molecule has 20 heavy (non-hydrogen) atoms. The van der Waals surface area contributed by atoms with Gasteiger partial charge in [0, 0.05) is 12.0 Å². The predicted octanol–water partition coefficient (Wildman–Crippen LogP) is 3.55. The molecule has 0 spiro atoms. The van der Waals surface area contributed by atoms with Crippen molar-refractivity contribution in [3.8, 4) is 0 Å². The summed E-state index contributed by atoms with van der Waals surface area (Å²) in [4.78, 5) is 12.3. The number of hydrogen-bond acceptors (Lipinski definition) is 3. The summed E-state index contributed by atoms with van der Waals surface area (Å²) >= 11 is 0. The molecule has 0 bridgehead atoms. The minimum absolute atomic E-state index is 0.177. The van der Waals surface area contributed by atoms with Gasteiger partial charge in [0.2, 0.25) is 0 Å². The maximum atomic E-state index is 12.3. The van der Waals surface area contributed by atoms with Crippen LogP contribution in [-0.2, 0) is 12.8 Å². The van der Waals surface area contributed by atoms with Crippen LogP contribution in [0.5, 0.6) is 0 Å². The van der Waals surface area contributed by atoms with Gasteiger partial charge in [0.1, 0.15) is 0 Å². The highest BCUT2D eigenvalue weighted by molar-refractivity contribution is 5.97. The van der Waals surface area contributed by atoms with Crippen LogP contribution in [0.25, 0.3) is 0 Å². The maximum absolute atomic E-state index is 12.3. The number of nitrogens with zero attached hydrogens (tertiary/aromatic N) is 2. The number of aryl methyl sites for hydroxylation is 3. The largest absolute Gasteiger partial charge is 0.294 e. The summed E-state index contributed by atoms with van der Waals surface area (Å²) in [6.45, 7) is 3.87. The van der Waals surface area contributed by atoms with Crippen LogP contribution in [0.2, 0.25) is 0 Å². The van der Waals surface area contributed by atoms with Crippen LogP contribution in [-0.4, -0.2) is 16.0 Å². The smallest absolute Gasteiger partial charge is 0.164 e. The summed E-state index contributed by atoms with van der Waals surface area (Å²) in [5, 5.41) is 8.13. The van der Waals surface area contributed by atoms with E-state index in [0.717, 1.165) is 36.2 Å². The third-order valence-electron chi connectivity index (χ3n) is 3.34. The van der Waals surface area contributed by atoms with E-state index in [0.29, 0.717) is 6.42 Å². The number of aromatic nitrogens is 2. The molecule has 2 rings (SSSR count). The van der Waals surface area contributed by atoms with Gasteiger partial charge in [-0.2, -0.15) is 10.2 Å². The molecule has 3 heteroatoms. The van der Waals surface area contributed by atoms with Gasteiger partial charge in [-0.25, -0.2) is 0 Å². The number of ketones is 1. The highest BCUT2D eigenvalue weighted by Crippen LogP contribution is 2.13. The Morgan fingerprint density at radius 3 is 2.60 bits per heavy atom. The third-order valence-corrected chi connectivity index (χ3v) is 3.34. The van der Waals surface area contributed by atoms with Crippen molar-refractivity contribution in [3.63, 3.8) is 0 Å². The van der Waals surface area contributed by atoms with Crippen LogP contribution in [0.4, 0.5) is 0 Å². The van der Waals surface area contributed by atoms with E-state index < -0.39 is 0 Å². The molecule has 0 aliphatic heterocycles. The predicted molar refractivity (Wildman–Crippen MR) is 79.9 cm³/mol. The molecule has 0 aliphatic rings. The van der Waals surface area contributed by atoms with Gasteiger partial charge in [0.15, 0.2) is 5.78 Å². The molecular formula is C17H20N2O. The number of rotatable bonds is 6. The van der Waals surface area contributed by atoms with Crippen molar-refractivity contribution < 1.29 is 4.79 Å². The summed E-state index contributed by atoms with van der Waals surface area (Å²) in [5.41, 5.74) is 3.63. The zero-order valence-corrected chi connectivity index (χ0v) is 12.1. The van der Waals surface area contributed by atoms with Gasteiger partial charge in [-0.3, -0.25) is 4.79 Å². The van der Waals surface area contributed by atoms with Crippen molar-refractivity contribution in [2.45, 2.75) is 39.5 Å². The molecule has 0 saturated heterocycles. The van der Waals surface area contributed by atoms with E-state index in [2.05, 4.69) is 22.3 Å². The summed E-state index contributed by atoms with van der Waals surface area (Å²) in [5.74, 6) is 0.177. The summed E-state index contributed by atoms with van der Waals surface area (Å²) in [7, 11) is 0. The van der Waals surface area contributed by atoms with E-state index in [-0.39, 0.29) is 5.78 Å². The van der Waals surface area contributed by atoms with Crippen molar-refractivity contribution in [1.29, 1.82) is 0 Å². The standard InChI is InChI=1S/C17H20N2O/c1-3-16-15(12-13(2)18-19-16)17(20)11-7-10-14-8-5-4-6-9-14/h4-6,8-9,12H,3,7,10-11H2,1-2H3. The minimum Gasteiger partial charge on any atom is -0.294 e. The minimum atomic E-state index is 0.177. The topological polar surface area (TPSA) is 42.9 Å². The molecule has 0 unspecified atom stereocenters. The Balaban J connectivity index is 1.97. The van der Waals surface area contributed by atoms with Crippen LogP contribution < -0.4 is 0 Å². The lowest BCUT2D eigenvalue weighted by Crippen LogP contribution is -2.08. The van der Waals surface area contributed by atoms with Gasteiger partial charge in [-0.1, -0.05) is 37.3 Å². The van der Waals surface area contributed by atoms with Gasteiger partial charge in [-0.15, -0.1) is 0 Å². The zero-order valence-electron chi connectivity index (χ0n) is 12.1. The van der Waals surface area contributed by atoms with Gasteiger partial charge >= 0.3 is 0 Å². The first-order valence-corrected chi connectivity index (χ1v) is 7.11. The van der Waals surface area contributed by atoms with Gasteiger partial charge in [-0.05, 0) is 37.8 Å². The van der Waals surface area contributed by atoms with Crippen LogP contribution in [0.15, 0.2) is 36.4 Å². The van der Waals surface area contributed by atoms with E-state index in [4.69, 9.17) is 0 Å². The molecule has 104 valence electrons. The lowest BCUT2D eigenvalue weighted by Gasteiger charge is -2.06. The van der Waals surface area contributed by atoms with Crippen LogP contribution in [0, 0.1) is 6.92 Å². The Labute approximate surface area is 120 Å². The third kappa shape index (κ3) is 3.73. The second-order valence-corrected chi connectivity index (χ2v) is 4.96. The van der Waals surface area contributed by atoms with Crippen molar-refractivity contribution in [3.05, 3.63) is 58.9 Å². The first-order valence-electron chi connectivity index (χ1n) is 7.11. The van der Waals surface area contributed by atoms with Gasteiger partial charge in [0.25, 0.3) is 0 Å². The summed E-state index contributed by atoms with van der Waals surface area (Å²) in [6, 6.07) is 12.1. The number of carbonyl (C=O) groups is 1. The molecule has 1 aromatic carbocycles. The quantitative estimate of drug-likeness (QED) is 0.752. The fourth-order valence-corrected chi connectivity index (χ4v) is 2.25. The van der Waals surface area contributed by atoms with Crippen LogP contribution in [0.3, 0.4) is 0 Å². The molecule has 2 aromatic rings. The van der Waals surface area contributed by atoms with Crippen molar-refractivity contribution >= 4 is 5.78 Å². The highest BCUT2D eigenvalue weighted by Gasteiger charge is 2.12. The normalized spacial score (nSPS) is 10.5. The maximum Gasteiger partial charge on any atom is 0.164 e. The highest BCUT2D eigenvalue weighted by atomic mass is 16.1. The lowest BCUT2D eigenvalue weighted by atomic mass is 10.0. The molecule has 0 saturated carbocycles. The SMILES string of the molecule is CCc1nnc(C)cc1C(=O)CCCc1ccccc1. The van der Waals surface area contributed by atoms with Crippen molar-refractivity contribution in [2.75, 3.05) is 0 Å². The first-order chi connectivity index (χ1) is 9.70. The van der Waals surface area contributed by atoms with Crippen molar-refractivity contribution in [2.24, 2.45) is 0 Å². The molecule has 1 heterocycles. The molecule has 0 atom stereocenters. The van der Waals surface area contributed by atoms with E-state index in [1.807, 2.05) is 38.1 Å². The molecular weight excluding hydrogens is 248 g/mol. The van der Waals surface area contributed by atoms with Crippen LogP contribution >= 0.6 is 0 Å². The average Bonchev–Trinajstić information content (AvgIpc) is 2.48. The van der Waals surface area contributed by atoms with E-state index in [9.17, 15) is 4.79 Å². The van der Waals surface area contributed by atoms with Gasteiger partial charge < -0.3 is 0 Å². The Morgan fingerprint density at radius 2 is 1.90 bits per heavy atom. The first kappa shape index (κ1) is 14.4. The molecule has 0 N–H and O–H groups in total. The summed E-state index contributed by atoms with van der Waals surface area (Å²) in [6.07, 6.45) is 3.11. The fraction of sp³-hybridized carbons (Fsp3) is 0.353. The average molecular weight is 268 g/mol. The Kier molecular flexibility index (Phi) is 4.99. The Morgan fingerprint density at radius 1 is 1.15 bits per heavy atom. The number of Topliss-reactive ketones (excluding diaryl/α,β-unsaturated/α-hetero) is 1. The molecule has 0 fully saturated rings. The van der Waals surface area contributed by atoms with E-state index >= 15 is 0 Å². The van der Waals surface area contributed by atoms with E-state index in [1.165, 1.54) is 5.56 Å². The Bertz CT molecular complexity index is 579. The molecule has 3 nitrogen and oxygen atoms in total. The monoisotopic (exact) mass is 268 g/mol. The molecule has 0 aliphatic carbocycles.